The van der Waals surface area contributed by atoms with Gasteiger partial charge in [-0.2, -0.15) is 0 Å². The number of benzene rings is 2. The summed E-state index contributed by atoms with van der Waals surface area (Å²) in [5.41, 5.74) is 2.42. The van der Waals surface area contributed by atoms with Crippen LogP contribution in [-0.4, -0.2) is 32.3 Å². The van der Waals surface area contributed by atoms with Crippen molar-refractivity contribution in [2.45, 2.75) is 20.8 Å². The molecule has 0 saturated carbocycles. The highest BCUT2D eigenvalue weighted by Gasteiger charge is 2.10. The second-order valence-electron chi connectivity index (χ2n) is 5.75. The number of carbonyl (C=O) groups is 1. The highest BCUT2D eigenvalue weighted by Crippen LogP contribution is 2.26. The topological polar surface area (TPSA) is 56.8 Å². The Kier molecular flexibility index (Phi) is 7.75. The van der Waals surface area contributed by atoms with Gasteiger partial charge in [-0.3, -0.25) is 4.79 Å². The van der Waals surface area contributed by atoms with Gasteiger partial charge in [-0.25, -0.2) is 0 Å². The third-order valence-electron chi connectivity index (χ3n) is 3.63. The first-order chi connectivity index (χ1) is 12.5. The fourth-order valence-electron chi connectivity index (χ4n) is 2.38. The predicted octanol–water partition coefficient (Wildman–Crippen LogP) is 4.39. The Bertz CT molecular complexity index is 725. The number of aryl methyl sites for hydroxylation is 2. The molecule has 5 nitrogen and oxygen atoms in total. The smallest absolute Gasteiger partial charge is 0.262 e. The molecule has 140 valence electrons. The largest absolute Gasteiger partial charge is 0.489 e. The second-order valence-corrected chi connectivity index (χ2v) is 6.13. The third kappa shape index (κ3) is 5.93. The maximum Gasteiger partial charge on any atom is 0.262 e. The van der Waals surface area contributed by atoms with Gasteiger partial charge in [0.15, 0.2) is 6.61 Å². The van der Waals surface area contributed by atoms with Crippen molar-refractivity contribution in [3.8, 4) is 11.5 Å². The molecule has 0 aliphatic carbocycles. The van der Waals surface area contributed by atoms with Crippen molar-refractivity contribution in [3.05, 3.63) is 52.5 Å². The molecule has 0 aromatic heterocycles. The quantitative estimate of drug-likeness (QED) is 0.658. The van der Waals surface area contributed by atoms with Crippen molar-refractivity contribution in [3.63, 3.8) is 0 Å². The molecule has 1 N–H and O–H groups in total. The van der Waals surface area contributed by atoms with Crippen LogP contribution in [0.25, 0.3) is 0 Å². The van der Waals surface area contributed by atoms with E-state index in [0.29, 0.717) is 42.0 Å². The molecule has 0 aliphatic heterocycles. The Morgan fingerprint density at radius 1 is 1.08 bits per heavy atom. The van der Waals surface area contributed by atoms with Crippen LogP contribution >= 0.6 is 11.6 Å². The van der Waals surface area contributed by atoms with Gasteiger partial charge in [-0.1, -0.05) is 23.7 Å². The SMILES string of the molecule is CCOCCOc1ccccc1NC(=O)COc1cc(C)c(Cl)c(C)c1. The maximum atomic E-state index is 12.2. The van der Waals surface area contributed by atoms with Crippen LogP contribution in [0.15, 0.2) is 36.4 Å². The summed E-state index contributed by atoms with van der Waals surface area (Å²) in [6, 6.07) is 10.9. The van der Waals surface area contributed by atoms with Gasteiger partial charge in [0.05, 0.1) is 12.3 Å². The lowest BCUT2D eigenvalue weighted by Gasteiger charge is -2.13. The van der Waals surface area contributed by atoms with Crippen molar-refractivity contribution < 1.29 is 19.0 Å². The summed E-state index contributed by atoms with van der Waals surface area (Å²) >= 11 is 6.14. The van der Waals surface area contributed by atoms with E-state index in [4.69, 9.17) is 25.8 Å². The van der Waals surface area contributed by atoms with E-state index in [1.165, 1.54) is 0 Å². The summed E-state index contributed by atoms with van der Waals surface area (Å²) in [5.74, 6) is 0.940. The van der Waals surface area contributed by atoms with Gasteiger partial charge in [0.1, 0.15) is 18.1 Å². The number of ether oxygens (including phenoxy) is 3. The van der Waals surface area contributed by atoms with E-state index in [2.05, 4.69) is 5.32 Å². The van der Waals surface area contributed by atoms with Gasteiger partial charge in [-0.05, 0) is 56.2 Å². The van der Waals surface area contributed by atoms with E-state index in [1.54, 1.807) is 12.1 Å². The van der Waals surface area contributed by atoms with E-state index in [0.717, 1.165) is 11.1 Å². The minimum absolute atomic E-state index is 0.103. The predicted molar refractivity (Wildman–Crippen MR) is 103 cm³/mol. The number of anilines is 1. The minimum Gasteiger partial charge on any atom is -0.489 e. The van der Waals surface area contributed by atoms with Crippen molar-refractivity contribution >= 4 is 23.2 Å². The van der Waals surface area contributed by atoms with Crippen LogP contribution in [0.4, 0.5) is 5.69 Å². The molecule has 0 radical (unpaired) electrons. The van der Waals surface area contributed by atoms with Crippen LogP contribution < -0.4 is 14.8 Å². The summed E-state index contributed by atoms with van der Waals surface area (Å²) < 4.78 is 16.5. The molecule has 0 heterocycles. The lowest BCUT2D eigenvalue weighted by atomic mass is 10.1. The molecule has 0 fully saturated rings. The number of carbonyl (C=O) groups excluding carboxylic acids is 1. The fraction of sp³-hybridized carbons (Fsp3) is 0.350. The molecule has 0 spiro atoms. The van der Waals surface area contributed by atoms with E-state index in [1.807, 2.05) is 45.0 Å². The average molecular weight is 378 g/mol. The number of nitrogens with one attached hydrogen (secondary N) is 1. The van der Waals surface area contributed by atoms with Crippen molar-refractivity contribution in [1.82, 2.24) is 0 Å². The maximum absolute atomic E-state index is 12.2. The van der Waals surface area contributed by atoms with Gasteiger partial charge in [0.25, 0.3) is 5.91 Å². The summed E-state index contributed by atoms with van der Waals surface area (Å²) in [6.07, 6.45) is 0. The van der Waals surface area contributed by atoms with Crippen LogP contribution in [0.5, 0.6) is 11.5 Å². The number of halogens is 1. The molecule has 1 amide bonds. The van der Waals surface area contributed by atoms with Crippen molar-refractivity contribution in [2.75, 3.05) is 31.7 Å². The number of hydrogen-bond acceptors (Lipinski definition) is 4. The first-order valence-corrected chi connectivity index (χ1v) is 8.88. The summed E-state index contributed by atoms with van der Waals surface area (Å²) in [5, 5.41) is 3.51. The third-order valence-corrected chi connectivity index (χ3v) is 4.23. The van der Waals surface area contributed by atoms with Crippen LogP contribution in [0.2, 0.25) is 5.02 Å². The number of rotatable bonds is 9. The van der Waals surface area contributed by atoms with Crippen molar-refractivity contribution in [1.29, 1.82) is 0 Å². The lowest BCUT2D eigenvalue weighted by molar-refractivity contribution is -0.118. The normalized spacial score (nSPS) is 10.5. The first-order valence-electron chi connectivity index (χ1n) is 8.50. The Hall–Kier alpha value is -2.24. The number of para-hydroxylation sites is 2. The molecular weight excluding hydrogens is 354 g/mol. The minimum atomic E-state index is -0.267. The van der Waals surface area contributed by atoms with Gasteiger partial charge >= 0.3 is 0 Å². The molecule has 0 unspecified atom stereocenters. The highest BCUT2D eigenvalue weighted by molar-refractivity contribution is 6.32. The zero-order chi connectivity index (χ0) is 18.9. The van der Waals surface area contributed by atoms with E-state index in [-0.39, 0.29) is 12.5 Å². The molecular formula is C20H24ClNO4. The van der Waals surface area contributed by atoms with Crippen molar-refractivity contribution in [2.24, 2.45) is 0 Å². The van der Waals surface area contributed by atoms with Crippen LogP contribution in [0.1, 0.15) is 18.1 Å². The Balaban J connectivity index is 1.91. The van der Waals surface area contributed by atoms with E-state index in [9.17, 15) is 4.79 Å². The van der Waals surface area contributed by atoms with Gasteiger partial charge < -0.3 is 19.5 Å². The molecule has 6 heteroatoms. The molecule has 26 heavy (non-hydrogen) atoms. The average Bonchev–Trinajstić information content (AvgIpc) is 2.62. The van der Waals surface area contributed by atoms with Crippen LogP contribution in [0, 0.1) is 13.8 Å². The Labute approximate surface area is 159 Å². The monoisotopic (exact) mass is 377 g/mol. The fourth-order valence-corrected chi connectivity index (χ4v) is 2.48. The summed E-state index contributed by atoms with van der Waals surface area (Å²) in [4.78, 5) is 12.2. The lowest BCUT2D eigenvalue weighted by Crippen LogP contribution is -2.21. The zero-order valence-electron chi connectivity index (χ0n) is 15.3. The van der Waals surface area contributed by atoms with Gasteiger partial charge in [0, 0.05) is 11.6 Å². The Morgan fingerprint density at radius 2 is 1.77 bits per heavy atom. The number of hydrogen-bond donors (Lipinski definition) is 1. The molecule has 0 saturated heterocycles. The molecule has 2 rings (SSSR count). The highest BCUT2D eigenvalue weighted by atomic mass is 35.5. The second kappa shape index (κ2) is 10.0. The van der Waals surface area contributed by atoms with Crippen LogP contribution in [0.3, 0.4) is 0 Å². The standard InChI is InChI=1S/C20H24ClNO4/c1-4-24-9-10-25-18-8-6-5-7-17(18)22-19(23)13-26-16-11-14(2)20(21)15(3)12-16/h5-8,11-12H,4,9-10,13H2,1-3H3,(H,22,23). The van der Waals surface area contributed by atoms with Gasteiger partial charge in [-0.15, -0.1) is 0 Å². The zero-order valence-corrected chi connectivity index (χ0v) is 16.1. The van der Waals surface area contributed by atoms with Gasteiger partial charge in [0.2, 0.25) is 0 Å². The number of amides is 1. The summed E-state index contributed by atoms with van der Waals surface area (Å²) in [6.45, 7) is 7.18. The van der Waals surface area contributed by atoms with Crippen LogP contribution in [-0.2, 0) is 9.53 Å². The van der Waals surface area contributed by atoms with E-state index >= 15 is 0 Å². The molecule has 2 aromatic carbocycles. The Morgan fingerprint density at radius 3 is 2.46 bits per heavy atom. The molecule has 0 atom stereocenters. The van der Waals surface area contributed by atoms with E-state index < -0.39 is 0 Å². The molecule has 2 aromatic rings. The molecule has 0 bridgehead atoms. The molecule has 0 aliphatic rings. The summed E-state index contributed by atoms with van der Waals surface area (Å²) in [7, 11) is 0. The first kappa shape index (κ1) is 20.1.